The summed E-state index contributed by atoms with van der Waals surface area (Å²) in [6, 6.07) is 4.36. The number of benzene rings is 1. The first-order valence-corrected chi connectivity index (χ1v) is 7.78. The SMILES string of the molecule is CCC1=NN(C(=O)c2ccc(Cl)cc2)C(O)(C(F)(F)C(F)(F)C(F)(F)F)C1. The van der Waals surface area contributed by atoms with Gasteiger partial charge in [0, 0.05) is 22.7 Å². The van der Waals surface area contributed by atoms with Crippen LogP contribution in [-0.4, -0.2) is 45.5 Å². The summed E-state index contributed by atoms with van der Waals surface area (Å²) in [5.41, 5.74) is -4.96. The molecule has 1 N–H and O–H groups in total. The zero-order valence-electron chi connectivity index (χ0n) is 13.5. The second kappa shape index (κ2) is 6.62. The lowest BCUT2D eigenvalue weighted by Crippen LogP contribution is -2.69. The molecule has 1 aromatic carbocycles. The van der Waals surface area contributed by atoms with E-state index < -0.39 is 46.6 Å². The molecule has 1 heterocycles. The van der Waals surface area contributed by atoms with E-state index in [4.69, 9.17) is 11.6 Å². The highest BCUT2D eigenvalue weighted by atomic mass is 35.5. The van der Waals surface area contributed by atoms with Crippen molar-refractivity contribution in [1.82, 2.24) is 5.01 Å². The van der Waals surface area contributed by atoms with Crippen molar-refractivity contribution in [3.8, 4) is 0 Å². The molecule has 0 saturated heterocycles. The molecule has 1 unspecified atom stereocenters. The fourth-order valence-corrected chi connectivity index (χ4v) is 2.54. The van der Waals surface area contributed by atoms with E-state index in [1.54, 1.807) is 0 Å². The molecule has 27 heavy (non-hydrogen) atoms. The number of aliphatic hydroxyl groups is 1. The first kappa shape index (κ1) is 21.4. The van der Waals surface area contributed by atoms with Gasteiger partial charge in [0.1, 0.15) is 0 Å². The Balaban J connectivity index is 2.55. The van der Waals surface area contributed by atoms with Crippen molar-refractivity contribution >= 4 is 23.2 Å². The van der Waals surface area contributed by atoms with Crippen LogP contribution in [0.5, 0.6) is 0 Å². The highest BCUT2D eigenvalue weighted by Gasteiger charge is 2.82. The Morgan fingerprint density at radius 3 is 2.15 bits per heavy atom. The lowest BCUT2D eigenvalue weighted by Gasteiger charge is -2.41. The van der Waals surface area contributed by atoms with Crippen LogP contribution < -0.4 is 0 Å². The predicted molar refractivity (Wildman–Crippen MR) is 80.9 cm³/mol. The quantitative estimate of drug-likeness (QED) is 0.731. The lowest BCUT2D eigenvalue weighted by molar-refractivity contribution is -0.400. The molecule has 1 amide bonds. The van der Waals surface area contributed by atoms with Gasteiger partial charge in [-0.3, -0.25) is 4.79 Å². The van der Waals surface area contributed by atoms with Gasteiger partial charge in [0.25, 0.3) is 5.91 Å². The van der Waals surface area contributed by atoms with E-state index in [1.165, 1.54) is 6.92 Å². The van der Waals surface area contributed by atoms with Crippen LogP contribution in [0.25, 0.3) is 0 Å². The normalized spacial score (nSPS) is 21.4. The van der Waals surface area contributed by atoms with Gasteiger partial charge < -0.3 is 5.11 Å². The smallest absolute Gasteiger partial charge is 0.364 e. The molecule has 0 fully saturated rings. The van der Waals surface area contributed by atoms with Gasteiger partial charge in [0.15, 0.2) is 0 Å². The second-order valence-corrected chi connectivity index (χ2v) is 6.22. The van der Waals surface area contributed by atoms with Gasteiger partial charge in [-0.2, -0.15) is 40.8 Å². The molecular weight excluding hydrogens is 409 g/mol. The van der Waals surface area contributed by atoms with E-state index >= 15 is 0 Å². The van der Waals surface area contributed by atoms with Crippen molar-refractivity contribution in [3.05, 3.63) is 34.9 Å². The molecule has 1 aromatic rings. The molecule has 0 saturated carbocycles. The Morgan fingerprint density at radius 1 is 1.19 bits per heavy atom. The van der Waals surface area contributed by atoms with Gasteiger partial charge in [-0.05, 0) is 30.7 Å². The summed E-state index contributed by atoms with van der Waals surface area (Å²) < 4.78 is 93.1. The summed E-state index contributed by atoms with van der Waals surface area (Å²) in [6.45, 7) is 1.34. The number of alkyl halides is 7. The van der Waals surface area contributed by atoms with Crippen molar-refractivity contribution in [3.63, 3.8) is 0 Å². The van der Waals surface area contributed by atoms with Crippen LogP contribution in [0.1, 0.15) is 30.1 Å². The number of rotatable bonds is 4. The number of halogens is 8. The molecular formula is C15H12ClF7N2O2. The van der Waals surface area contributed by atoms with E-state index in [9.17, 15) is 40.6 Å². The third-order valence-electron chi connectivity index (χ3n) is 3.99. The van der Waals surface area contributed by atoms with E-state index in [2.05, 4.69) is 5.10 Å². The Labute approximate surface area is 153 Å². The van der Waals surface area contributed by atoms with Gasteiger partial charge in [0.2, 0.25) is 5.72 Å². The zero-order chi connectivity index (χ0) is 20.8. The summed E-state index contributed by atoms with van der Waals surface area (Å²) >= 11 is 5.61. The summed E-state index contributed by atoms with van der Waals surface area (Å²) in [5.74, 6) is -14.2. The number of nitrogens with zero attached hydrogens (tertiary/aromatic N) is 2. The van der Waals surface area contributed by atoms with Crippen LogP contribution in [0.15, 0.2) is 29.4 Å². The van der Waals surface area contributed by atoms with Crippen molar-refractivity contribution in [2.45, 2.75) is 43.5 Å². The number of amides is 1. The summed E-state index contributed by atoms with van der Waals surface area (Å²) in [5, 5.41) is 13.3. The summed E-state index contributed by atoms with van der Waals surface area (Å²) in [6.07, 6.45) is -8.21. The maximum atomic E-state index is 14.3. The Bertz CT molecular complexity index is 764. The zero-order valence-corrected chi connectivity index (χ0v) is 14.3. The molecule has 0 aliphatic carbocycles. The monoisotopic (exact) mass is 420 g/mol. The standard InChI is InChI=1S/C15H12ClF7N2O2/c1-2-10-7-12(27,13(17,18)14(19,20)15(21,22)23)25(24-10)11(26)8-3-5-9(16)6-4-8/h3-6,27H,2,7H2,1H3. The first-order chi connectivity index (χ1) is 12.2. The third kappa shape index (κ3) is 3.27. The minimum atomic E-state index is -6.67. The van der Waals surface area contributed by atoms with Crippen molar-refractivity contribution in [2.24, 2.45) is 5.10 Å². The van der Waals surface area contributed by atoms with E-state index in [1.807, 2.05) is 0 Å². The molecule has 1 atom stereocenters. The van der Waals surface area contributed by atoms with Crippen molar-refractivity contribution in [2.75, 3.05) is 0 Å². The van der Waals surface area contributed by atoms with E-state index in [0.717, 1.165) is 24.3 Å². The maximum absolute atomic E-state index is 14.3. The number of carbonyl (C=O) groups excluding carboxylic acids is 1. The van der Waals surface area contributed by atoms with Crippen LogP contribution in [0, 0.1) is 0 Å². The van der Waals surface area contributed by atoms with Crippen LogP contribution in [0.2, 0.25) is 5.02 Å². The van der Waals surface area contributed by atoms with Gasteiger partial charge in [-0.15, -0.1) is 0 Å². The molecule has 1 aliphatic rings. The minimum Gasteiger partial charge on any atom is -0.364 e. The van der Waals surface area contributed by atoms with Crippen LogP contribution >= 0.6 is 11.6 Å². The average molecular weight is 421 g/mol. The second-order valence-electron chi connectivity index (χ2n) is 5.78. The predicted octanol–water partition coefficient (Wildman–Crippen LogP) is 4.47. The van der Waals surface area contributed by atoms with Gasteiger partial charge in [0.05, 0.1) is 0 Å². The summed E-state index contributed by atoms with van der Waals surface area (Å²) in [4.78, 5) is 12.4. The van der Waals surface area contributed by atoms with Crippen LogP contribution in [-0.2, 0) is 0 Å². The number of hydrazone groups is 1. The lowest BCUT2D eigenvalue weighted by atomic mass is 9.92. The minimum absolute atomic E-state index is 0.148. The molecule has 150 valence electrons. The fraction of sp³-hybridized carbons (Fsp3) is 0.467. The number of hydrogen-bond donors (Lipinski definition) is 1. The highest BCUT2D eigenvalue weighted by Crippen LogP contribution is 2.54. The Morgan fingerprint density at radius 2 is 1.70 bits per heavy atom. The van der Waals surface area contributed by atoms with E-state index in [0.29, 0.717) is 0 Å². The molecule has 4 nitrogen and oxygen atoms in total. The Hall–Kier alpha value is -1.88. The third-order valence-corrected chi connectivity index (χ3v) is 4.24. The van der Waals surface area contributed by atoms with Gasteiger partial charge >= 0.3 is 18.0 Å². The largest absolute Gasteiger partial charge is 0.460 e. The van der Waals surface area contributed by atoms with Crippen molar-refractivity contribution < 1.29 is 40.6 Å². The summed E-state index contributed by atoms with van der Waals surface area (Å²) in [7, 11) is 0. The molecule has 12 heteroatoms. The molecule has 0 aromatic heterocycles. The average Bonchev–Trinajstić information content (AvgIpc) is 2.92. The van der Waals surface area contributed by atoms with Crippen LogP contribution in [0.3, 0.4) is 0 Å². The molecule has 1 aliphatic heterocycles. The van der Waals surface area contributed by atoms with Gasteiger partial charge in [-0.1, -0.05) is 18.5 Å². The fourth-order valence-electron chi connectivity index (χ4n) is 2.42. The highest BCUT2D eigenvalue weighted by molar-refractivity contribution is 6.30. The van der Waals surface area contributed by atoms with Gasteiger partial charge in [-0.25, -0.2) is 0 Å². The number of carbonyl (C=O) groups is 1. The topological polar surface area (TPSA) is 52.9 Å². The maximum Gasteiger partial charge on any atom is 0.460 e. The number of hydrogen-bond acceptors (Lipinski definition) is 3. The van der Waals surface area contributed by atoms with Crippen LogP contribution in [0.4, 0.5) is 30.7 Å². The first-order valence-electron chi connectivity index (χ1n) is 7.40. The Kier molecular flexibility index (Phi) is 5.25. The van der Waals surface area contributed by atoms with Crippen molar-refractivity contribution in [1.29, 1.82) is 0 Å². The molecule has 0 radical (unpaired) electrons. The van der Waals surface area contributed by atoms with E-state index in [-0.39, 0.29) is 17.2 Å². The molecule has 2 rings (SSSR count). The molecule has 0 spiro atoms. The molecule has 0 bridgehead atoms.